The van der Waals surface area contributed by atoms with E-state index in [0.717, 1.165) is 0 Å². The molecule has 0 saturated carbocycles. The first-order chi connectivity index (χ1) is 13.2. The minimum Gasteiger partial charge on any atom is -0.355 e. The summed E-state index contributed by atoms with van der Waals surface area (Å²) < 4.78 is 66.6. The van der Waals surface area contributed by atoms with Crippen LogP contribution in [0.5, 0.6) is 0 Å². The first-order valence-corrected chi connectivity index (χ1v) is 14.8. The molecule has 0 heterocycles. The lowest BCUT2D eigenvalue weighted by molar-refractivity contribution is -0.0256. The number of hydrogen-bond acceptors (Lipinski definition) is 13. The van der Waals surface area contributed by atoms with Crippen molar-refractivity contribution in [1.29, 1.82) is 0 Å². The van der Waals surface area contributed by atoms with Crippen LogP contribution < -0.4 is 5.73 Å². The van der Waals surface area contributed by atoms with E-state index in [-0.39, 0.29) is 12.6 Å². The Bertz CT molecular complexity index is 345. The van der Waals surface area contributed by atoms with Crippen molar-refractivity contribution in [3.05, 3.63) is 0 Å². The summed E-state index contributed by atoms with van der Waals surface area (Å²) in [6.45, 7) is 0.0943. The maximum Gasteiger partial charge on any atom is 0.671 e. The lowest BCUT2D eigenvalue weighted by atomic mass is 10.8. The van der Waals surface area contributed by atoms with Crippen molar-refractivity contribution >= 4 is 35.9 Å². The van der Waals surface area contributed by atoms with Gasteiger partial charge in [0.1, 0.15) is 0 Å². The number of rotatable bonds is 17. The van der Waals surface area contributed by atoms with Gasteiger partial charge in [-0.25, -0.2) is 0 Å². The minimum atomic E-state index is -3.96. The molecule has 0 aliphatic rings. The maximum absolute atomic E-state index is 6.11. The van der Waals surface area contributed by atoms with Gasteiger partial charge in [0.05, 0.1) is 0 Å². The Labute approximate surface area is 170 Å². The van der Waals surface area contributed by atoms with Crippen molar-refractivity contribution < 1.29 is 52.2 Å². The molecule has 0 saturated heterocycles. The Morgan fingerprint density at radius 3 is 0.821 bits per heavy atom. The van der Waals surface area contributed by atoms with Gasteiger partial charge in [-0.05, 0) is 6.54 Å². The second-order valence-corrected chi connectivity index (χ2v) is 15.9. The highest BCUT2D eigenvalue weighted by atomic mass is 28.5. The molecule has 28 heavy (non-hydrogen) atoms. The molecule has 0 aromatic carbocycles. The molecule has 0 rings (SSSR count). The zero-order valence-electron chi connectivity index (χ0n) is 17.9. The highest BCUT2D eigenvalue weighted by Gasteiger charge is 2.65. The standard InChI is InChI=1S/C11H33NO12Si4/c1-13-26(14-2,15-3)22-25(11-10-12,23-27(16-4,17-5)18-6)24-28(19-7,20-8)21-9/h10-12H2,1-9H3. The molecule has 0 unspecified atom stereocenters. The molecule has 0 atom stereocenters. The summed E-state index contributed by atoms with van der Waals surface area (Å²) in [5.74, 6) is 0. The van der Waals surface area contributed by atoms with E-state index in [1.54, 1.807) is 0 Å². The second-order valence-electron chi connectivity index (χ2n) is 4.86. The van der Waals surface area contributed by atoms with Gasteiger partial charge in [0, 0.05) is 70.0 Å². The van der Waals surface area contributed by atoms with Crippen molar-refractivity contribution in [1.82, 2.24) is 0 Å². The Kier molecular flexibility index (Phi) is 13.1. The first-order valence-electron chi connectivity index (χ1n) is 8.00. The van der Waals surface area contributed by atoms with E-state index in [4.69, 9.17) is 57.9 Å². The predicted octanol–water partition coefficient (Wildman–Crippen LogP) is -0.942. The van der Waals surface area contributed by atoms with Crippen molar-refractivity contribution in [3.8, 4) is 0 Å². The summed E-state index contributed by atoms with van der Waals surface area (Å²) >= 11 is 0. The molecule has 0 amide bonds. The molecule has 0 radical (unpaired) electrons. The van der Waals surface area contributed by atoms with Crippen LogP contribution in [-0.2, 0) is 52.2 Å². The fourth-order valence-corrected chi connectivity index (χ4v) is 14.4. The zero-order chi connectivity index (χ0) is 21.9. The molecule has 170 valence electrons. The van der Waals surface area contributed by atoms with Crippen LogP contribution in [0.3, 0.4) is 0 Å². The topological polar surface area (TPSA) is 137 Å². The third-order valence-corrected chi connectivity index (χ3v) is 15.7. The Hall–Kier alpha value is 0.348. The monoisotopic (exact) mass is 483 g/mol. The summed E-state index contributed by atoms with van der Waals surface area (Å²) in [6, 6.07) is 0.0630. The largest absolute Gasteiger partial charge is 0.671 e. The molecule has 0 aliphatic heterocycles. The molecule has 0 aromatic heterocycles. The Morgan fingerprint density at radius 1 is 0.464 bits per heavy atom. The average molecular weight is 484 g/mol. The Morgan fingerprint density at radius 2 is 0.679 bits per heavy atom. The molecule has 0 aromatic rings. The highest BCUT2D eigenvalue weighted by molar-refractivity contribution is 6.82. The molecule has 0 fully saturated rings. The van der Waals surface area contributed by atoms with Crippen LogP contribution >= 0.6 is 0 Å². The van der Waals surface area contributed by atoms with Crippen LogP contribution in [0.4, 0.5) is 0 Å². The predicted molar refractivity (Wildman–Crippen MR) is 103 cm³/mol. The van der Waals surface area contributed by atoms with E-state index in [2.05, 4.69) is 0 Å². The lowest BCUT2D eigenvalue weighted by Crippen LogP contribution is -2.69. The van der Waals surface area contributed by atoms with Crippen LogP contribution in [0.1, 0.15) is 0 Å². The Balaban J connectivity index is 6.39. The van der Waals surface area contributed by atoms with E-state index in [1.807, 2.05) is 0 Å². The van der Waals surface area contributed by atoms with E-state index >= 15 is 0 Å². The molecule has 2 N–H and O–H groups in total. The van der Waals surface area contributed by atoms with E-state index in [9.17, 15) is 0 Å². The van der Waals surface area contributed by atoms with Crippen molar-refractivity contribution in [2.24, 2.45) is 5.73 Å². The first kappa shape index (κ1) is 28.3. The van der Waals surface area contributed by atoms with E-state index in [1.165, 1.54) is 64.0 Å². The SMILES string of the molecule is CO[Si](OC)(OC)O[Si](CCN)(O[Si](OC)(OC)OC)O[Si](OC)(OC)OC. The third kappa shape index (κ3) is 6.95. The molecule has 0 bridgehead atoms. The van der Waals surface area contributed by atoms with Crippen LogP contribution in [0.25, 0.3) is 0 Å². The van der Waals surface area contributed by atoms with Crippen molar-refractivity contribution in [2.75, 3.05) is 70.5 Å². The van der Waals surface area contributed by atoms with Gasteiger partial charge in [0.25, 0.3) is 0 Å². The van der Waals surface area contributed by atoms with Crippen LogP contribution in [-0.4, -0.2) is 106 Å². The normalized spacial score (nSPS) is 13.9. The highest BCUT2D eigenvalue weighted by Crippen LogP contribution is 2.30. The van der Waals surface area contributed by atoms with Gasteiger partial charge in [-0.1, -0.05) is 0 Å². The summed E-state index contributed by atoms with van der Waals surface area (Å²) in [7, 11) is -2.78. The summed E-state index contributed by atoms with van der Waals surface area (Å²) in [5.41, 5.74) is 5.82. The maximum atomic E-state index is 6.11. The smallest absolute Gasteiger partial charge is 0.355 e. The zero-order valence-corrected chi connectivity index (χ0v) is 21.9. The van der Waals surface area contributed by atoms with Gasteiger partial charge in [-0.15, -0.1) is 0 Å². The molecule has 17 heteroatoms. The average Bonchev–Trinajstić information content (AvgIpc) is 2.75. The number of hydrogen-bond donors (Lipinski definition) is 1. The van der Waals surface area contributed by atoms with Gasteiger partial charge < -0.3 is 57.9 Å². The van der Waals surface area contributed by atoms with Crippen molar-refractivity contribution in [2.45, 2.75) is 6.04 Å². The minimum absolute atomic E-state index is 0.0630. The molecule has 13 nitrogen and oxygen atoms in total. The molecular formula is C11H33NO12Si4. The van der Waals surface area contributed by atoms with Crippen molar-refractivity contribution in [3.63, 3.8) is 0 Å². The van der Waals surface area contributed by atoms with Gasteiger partial charge in [0.2, 0.25) is 0 Å². The van der Waals surface area contributed by atoms with Crippen LogP contribution in [0, 0.1) is 0 Å². The quantitative estimate of drug-likeness (QED) is 0.255. The summed E-state index contributed by atoms with van der Waals surface area (Å²) in [5, 5.41) is 0. The third-order valence-electron chi connectivity index (χ3n) is 3.54. The fraction of sp³-hybridized carbons (Fsp3) is 1.00. The van der Waals surface area contributed by atoms with Gasteiger partial charge in [-0.3, -0.25) is 0 Å². The van der Waals surface area contributed by atoms with E-state index in [0.29, 0.717) is 0 Å². The molecule has 0 aliphatic carbocycles. The van der Waals surface area contributed by atoms with Gasteiger partial charge in [0.15, 0.2) is 0 Å². The van der Waals surface area contributed by atoms with Gasteiger partial charge in [-0.2, -0.15) is 0 Å². The fourth-order valence-electron chi connectivity index (χ4n) is 2.09. The van der Waals surface area contributed by atoms with Crippen LogP contribution in [0.2, 0.25) is 6.04 Å². The van der Waals surface area contributed by atoms with Crippen LogP contribution in [0.15, 0.2) is 0 Å². The lowest BCUT2D eigenvalue weighted by Gasteiger charge is -2.41. The molecule has 0 spiro atoms. The summed E-state index contributed by atoms with van der Waals surface area (Å²) in [4.78, 5) is 0. The summed E-state index contributed by atoms with van der Waals surface area (Å²) in [6.07, 6.45) is 0. The number of nitrogens with two attached hydrogens (primary N) is 1. The van der Waals surface area contributed by atoms with Gasteiger partial charge >= 0.3 is 35.9 Å². The van der Waals surface area contributed by atoms with E-state index < -0.39 is 35.9 Å². The second kappa shape index (κ2) is 12.9. The molecular weight excluding hydrogens is 450 g/mol.